The van der Waals surface area contributed by atoms with Crippen molar-refractivity contribution < 1.29 is 9.59 Å². The van der Waals surface area contributed by atoms with E-state index in [0.29, 0.717) is 11.6 Å². The average Bonchev–Trinajstić information content (AvgIpc) is 2.95. The summed E-state index contributed by atoms with van der Waals surface area (Å²) in [6, 6.07) is 5.38. The number of hydrogen-bond acceptors (Lipinski definition) is 4. The highest BCUT2D eigenvalue weighted by Gasteiger charge is 2.23. The van der Waals surface area contributed by atoms with Crippen LogP contribution in [0.5, 0.6) is 0 Å². The first-order valence-electron chi connectivity index (χ1n) is 8.04. The third kappa shape index (κ3) is 5.54. The molecule has 0 aliphatic carbocycles. The fraction of sp³-hybridized carbons (Fsp3) is 0.389. The first kappa shape index (κ1) is 19.4. The lowest BCUT2D eigenvalue weighted by Crippen LogP contribution is -2.46. The highest BCUT2D eigenvalue weighted by molar-refractivity contribution is 7.15. The van der Waals surface area contributed by atoms with Gasteiger partial charge in [0, 0.05) is 29.4 Å². The van der Waals surface area contributed by atoms with Crippen molar-refractivity contribution in [2.75, 3.05) is 5.32 Å². The number of thiazole rings is 1. The van der Waals surface area contributed by atoms with Gasteiger partial charge in [0.05, 0.1) is 0 Å². The van der Waals surface area contributed by atoms with Crippen molar-refractivity contribution in [3.05, 3.63) is 45.4 Å². The van der Waals surface area contributed by atoms with E-state index in [9.17, 15) is 9.59 Å². The minimum Gasteiger partial charge on any atom is -0.344 e. The van der Waals surface area contributed by atoms with Gasteiger partial charge in [-0.3, -0.25) is 9.59 Å². The number of benzene rings is 1. The van der Waals surface area contributed by atoms with Gasteiger partial charge in [0.2, 0.25) is 11.8 Å². The summed E-state index contributed by atoms with van der Waals surface area (Å²) in [7, 11) is 0. The normalized spacial score (nSPS) is 12.1. The molecule has 1 unspecified atom stereocenters. The van der Waals surface area contributed by atoms with Crippen LogP contribution in [0.15, 0.2) is 24.4 Å². The second-order valence-corrected chi connectivity index (χ2v) is 7.83. The minimum atomic E-state index is -0.583. The molecule has 0 spiro atoms. The molecule has 5 nitrogen and oxygen atoms in total. The molecule has 0 fully saturated rings. The summed E-state index contributed by atoms with van der Waals surface area (Å²) >= 11 is 7.57. The zero-order chi connectivity index (χ0) is 18.6. The Morgan fingerprint density at radius 2 is 2.04 bits per heavy atom. The summed E-state index contributed by atoms with van der Waals surface area (Å²) in [5.74, 6) is -0.507. The van der Waals surface area contributed by atoms with Gasteiger partial charge < -0.3 is 10.6 Å². The van der Waals surface area contributed by atoms with E-state index in [2.05, 4.69) is 15.6 Å². The quantitative estimate of drug-likeness (QED) is 0.802. The molecule has 2 N–H and O–H groups in total. The lowest BCUT2D eigenvalue weighted by atomic mass is 10.0. The van der Waals surface area contributed by atoms with Gasteiger partial charge in [-0.15, -0.1) is 11.3 Å². The van der Waals surface area contributed by atoms with Crippen molar-refractivity contribution in [1.82, 2.24) is 10.3 Å². The Hall–Kier alpha value is -1.92. The predicted molar refractivity (Wildman–Crippen MR) is 102 cm³/mol. The molecule has 2 amide bonds. The van der Waals surface area contributed by atoms with E-state index >= 15 is 0 Å². The number of aromatic nitrogens is 1. The topological polar surface area (TPSA) is 71.1 Å². The molecule has 1 aromatic heterocycles. The first-order chi connectivity index (χ1) is 11.8. The van der Waals surface area contributed by atoms with E-state index in [1.165, 1.54) is 18.3 Å². The Morgan fingerprint density at radius 3 is 2.64 bits per heavy atom. The molecular formula is C18H22ClN3O2S. The van der Waals surface area contributed by atoms with E-state index in [1.807, 2.05) is 39.0 Å². The number of carbonyl (C=O) groups excluding carboxylic acids is 2. The summed E-state index contributed by atoms with van der Waals surface area (Å²) < 4.78 is 0. The SMILES string of the molecule is CC(=O)NC(C(=O)Nc1ncc(Cc2ccc(C)c(Cl)c2)s1)C(C)C. The molecule has 2 aromatic rings. The molecule has 0 bridgehead atoms. The van der Waals surface area contributed by atoms with Crippen LogP contribution in [0.2, 0.25) is 5.02 Å². The Balaban J connectivity index is 2.03. The second kappa shape index (κ2) is 8.45. The fourth-order valence-electron chi connectivity index (χ4n) is 2.33. The Bertz CT molecular complexity index is 773. The number of aryl methyl sites for hydroxylation is 1. The molecule has 7 heteroatoms. The van der Waals surface area contributed by atoms with Gasteiger partial charge in [-0.25, -0.2) is 4.98 Å². The zero-order valence-electron chi connectivity index (χ0n) is 14.7. The molecule has 0 radical (unpaired) electrons. The number of carbonyl (C=O) groups is 2. The maximum absolute atomic E-state index is 12.4. The van der Waals surface area contributed by atoms with Crippen molar-refractivity contribution in [3.63, 3.8) is 0 Å². The molecule has 1 heterocycles. The third-order valence-corrected chi connectivity index (χ3v) is 5.03. The smallest absolute Gasteiger partial charge is 0.248 e. The molecule has 0 aliphatic heterocycles. The van der Waals surface area contributed by atoms with Gasteiger partial charge in [0.25, 0.3) is 0 Å². The van der Waals surface area contributed by atoms with Gasteiger partial charge in [-0.1, -0.05) is 37.6 Å². The summed E-state index contributed by atoms with van der Waals surface area (Å²) in [6.45, 7) is 7.13. The Labute approximate surface area is 156 Å². The third-order valence-electron chi connectivity index (χ3n) is 3.71. The van der Waals surface area contributed by atoms with Crippen LogP contribution in [0.25, 0.3) is 0 Å². The van der Waals surface area contributed by atoms with Crippen molar-refractivity contribution in [2.24, 2.45) is 5.92 Å². The van der Waals surface area contributed by atoms with E-state index < -0.39 is 6.04 Å². The van der Waals surface area contributed by atoms with Crippen LogP contribution in [0, 0.1) is 12.8 Å². The Morgan fingerprint density at radius 1 is 1.32 bits per heavy atom. The van der Waals surface area contributed by atoms with Crippen LogP contribution >= 0.6 is 22.9 Å². The van der Waals surface area contributed by atoms with Gasteiger partial charge in [-0.05, 0) is 30.0 Å². The van der Waals surface area contributed by atoms with Crippen LogP contribution in [0.1, 0.15) is 36.8 Å². The monoisotopic (exact) mass is 379 g/mol. The Kier molecular flexibility index (Phi) is 6.56. The number of halogens is 1. The number of amides is 2. The largest absolute Gasteiger partial charge is 0.344 e. The maximum Gasteiger partial charge on any atom is 0.248 e. The summed E-state index contributed by atoms with van der Waals surface area (Å²) in [5.41, 5.74) is 2.14. The van der Waals surface area contributed by atoms with Gasteiger partial charge in [0.1, 0.15) is 6.04 Å². The maximum atomic E-state index is 12.4. The zero-order valence-corrected chi connectivity index (χ0v) is 16.3. The molecule has 0 aliphatic rings. The molecule has 25 heavy (non-hydrogen) atoms. The summed E-state index contributed by atoms with van der Waals surface area (Å²) in [6.07, 6.45) is 2.45. The van der Waals surface area contributed by atoms with E-state index in [0.717, 1.165) is 21.0 Å². The lowest BCUT2D eigenvalue weighted by Gasteiger charge is -2.20. The predicted octanol–water partition coefficient (Wildman–Crippen LogP) is 3.79. The number of nitrogens with one attached hydrogen (secondary N) is 2. The molecule has 2 rings (SSSR count). The molecular weight excluding hydrogens is 358 g/mol. The van der Waals surface area contributed by atoms with E-state index in [4.69, 9.17) is 11.6 Å². The summed E-state index contributed by atoms with van der Waals surface area (Å²) in [4.78, 5) is 28.9. The molecule has 1 atom stereocenters. The average molecular weight is 380 g/mol. The standard InChI is InChI=1S/C18H22ClN3O2S/c1-10(2)16(21-12(4)23)17(24)22-18-20-9-14(25-18)7-13-6-5-11(3)15(19)8-13/h5-6,8-10,16H,7H2,1-4H3,(H,21,23)(H,20,22,24). The second-order valence-electron chi connectivity index (χ2n) is 6.30. The van der Waals surface area contributed by atoms with Gasteiger partial charge in [-0.2, -0.15) is 0 Å². The molecule has 1 aromatic carbocycles. The molecule has 0 saturated carbocycles. The molecule has 0 saturated heterocycles. The number of rotatable bonds is 6. The van der Waals surface area contributed by atoms with Gasteiger partial charge >= 0.3 is 0 Å². The summed E-state index contributed by atoms with van der Waals surface area (Å²) in [5, 5.41) is 6.72. The lowest BCUT2D eigenvalue weighted by molar-refractivity contribution is -0.126. The van der Waals surface area contributed by atoms with Crippen molar-refractivity contribution >= 4 is 39.9 Å². The number of anilines is 1. The van der Waals surface area contributed by atoms with E-state index in [-0.39, 0.29) is 17.7 Å². The van der Waals surface area contributed by atoms with Gasteiger partial charge in [0.15, 0.2) is 5.13 Å². The van der Waals surface area contributed by atoms with Crippen molar-refractivity contribution in [1.29, 1.82) is 0 Å². The van der Waals surface area contributed by atoms with Crippen LogP contribution in [-0.4, -0.2) is 22.8 Å². The molecule has 134 valence electrons. The number of nitrogens with zero attached hydrogens (tertiary/aromatic N) is 1. The highest BCUT2D eigenvalue weighted by atomic mass is 35.5. The van der Waals surface area contributed by atoms with Crippen molar-refractivity contribution in [2.45, 2.75) is 40.2 Å². The minimum absolute atomic E-state index is 0.0157. The highest BCUT2D eigenvalue weighted by Crippen LogP contribution is 2.24. The first-order valence-corrected chi connectivity index (χ1v) is 9.23. The van der Waals surface area contributed by atoms with Crippen molar-refractivity contribution in [3.8, 4) is 0 Å². The van der Waals surface area contributed by atoms with E-state index in [1.54, 1.807) is 6.20 Å². The van der Waals surface area contributed by atoms with Crippen LogP contribution < -0.4 is 10.6 Å². The fourth-order valence-corrected chi connectivity index (χ4v) is 3.38. The van der Waals surface area contributed by atoms with Crippen LogP contribution in [-0.2, 0) is 16.0 Å². The number of hydrogen-bond donors (Lipinski definition) is 2. The van der Waals surface area contributed by atoms with Crippen LogP contribution in [0.3, 0.4) is 0 Å². The van der Waals surface area contributed by atoms with Crippen LogP contribution in [0.4, 0.5) is 5.13 Å².